The van der Waals surface area contributed by atoms with Crippen LogP contribution in [-0.4, -0.2) is 58.6 Å². The highest BCUT2D eigenvalue weighted by atomic mass is 16.2. The normalized spacial score (nSPS) is 17.2. The molecule has 4 heterocycles. The molecule has 4 rings (SSSR count). The van der Waals surface area contributed by atoms with E-state index in [-0.39, 0.29) is 24.3 Å². The van der Waals surface area contributed by atoms with E-state index >= 15 is 0 Å². The third-order valence-corrected chi connectivity index (χ3v) is 4.79. The Morgan fingerprint density at radius 2 is 2.19 bits per heavy atom. The number of likely N-dealkylation sites (tertiary alicyclic amines) is 1. The summed E-state index contributed by atoms with van der Waals surface area (Å²) >= 11 is 0. The maximum Gasteiger partial charge on any atom is 0.244 e. The lowest BCUT2D eigenvalue weighted by Gasteiger charge is -2.32. The van der Waals surface area contributed by atoms with Gasteiger partial charge in [0.25, 0.3) is 0 Å². The number of piperidine rings is 1. The maximum absolute atomic E-state index is 12.6. The van der Waals surface area contributed by atoms with Gasteiger partial charge in [0.1, 0.15) is 12.4 Å². The van der Waals surface area contributed by atoms with Crippen molar-refractivity contribution in [3.63, 3.8) is 0 Å². The molecular weight excluding hydrogens is 346 g/mol. The van der Waals surface area contributed by atoms with Crippen molar-refractivity contribution in [2.24, 2.45) is 0 Å². The first-order chi connectivity index (χ1) is 13.2. The number of tetrazole rings is 1. The van der Waals surface area contributed by atoms with E-state index < -0.39 is 0 Å². The van der Waals surface area contributed by atoms with E-state index in [0.717, 1.165) is 30.9 Å². The number of amides is 1. The quantitative estimate of drug-likeness (QED) is 0.688. The zero-order valence-electron chi connectivity index (χ0n) is 14.8. The van der Waals surface area contributed by atoms with Gasteiger partial charge in [0.05, 0.1) is 12.2 Å². The molecular formula is C17H21N9O. The van der Waals surface area contributed by atoms with Crippen LogP contribution in [0.5, 0.6) is 0 Å². The van der Waals surface area contributed by atoms with Crippen LogP contribution < -0.4 is 5.73 Å². The summed E-state index contributed by atoms with van der Waals surface area (Å²) in [6, 6.07) is 5.88. The SMILES string of the molecule is Nc1nnnn1CC(=O)N1CCC[C@H](c2nccn2Cc2ccccn2)C1. The number of rotatable bonds is 5. The molecule has 0 radical (unpaired) electrons. The van der Waals surface area contributed by atoms with E-state index in [1.165, 1.54) is 4.68 Å². The fourth-order valence-corrected chi connectivity index (χ4v) is 3.45. The van der Waals surface area contributed by atoms with Crippen molar-refractivity contribution >= 4 is 11.9 Å². The third kappa shape index (κ3) is 3.78. The summed E-state index contributed by atoms with van der Waals surface area (Å²) in [4.78, 5) is 23.4. The van der Waals surface area contributed by atoms with Crippen LogP contribution in [-0.2, 0) is 17.9 Å². The first-order valence-corrected chi connectivity index (χ1v) is 8.91. The van der Waals surface area contributed by atoms with E-state index in [1.807, 2.05) is 29.3 Å². The van der Waals surface area contributed by atoms with Gasteiger partial charge in [-0.3, -0.25) is 9.78 Å². The average molecular weight is 367 g/mol. The molecule has 1 aliphatic heterocycles. The number of carbonyl (C=O) groups excluding carboxylic acids is 1. The lowest BCUT2D eigenvalue weighted by Crippen LogP contribution is -2.41. The summed E-state index contributed by atoms with van der Waals surface area (Å²) in [5.74, 6) is 1.28. The molecule has 1 saturated heterocycles. The van der Waals surface area contributed by atoms with Crippen LogP contribution >= 0.6 is 0 Å². The molecule has 3 aromatic heterocycles. The summed E-state index contributed by atoms with van der Waals surface area (Å²) in [6.07, 6.45) is 7.49. The number of nitrogen functional groups attached to an aromatic ring is 1. The van der Waals surface area contributed by atoms with Gasteiger partial charge < -0.3 is 15.2 Å². The van der Waals surface area contributed by atoms with Crippen LogP contribution in [0.3, 0.4) is 0 Å². The van der Waals surface area contributed by atoms with Crippen molar-refractivity contribution < 1.29 is 4.79 Å². The Morgan fingerprint density at radius 1 is 1.26 bits per heavy atom. The molecule has 0 bridgehead atoms. The third-order valence-electron chi connectivity index (χ3n) is 4.79. The van der Waals surface area contributed by atoms with Gasteiger partial charge in [-0.2, -0.15) is 0 Å². The van der Waals surface area contributed by atoms with Gasteiger partial charge in [-0.25, -0.2) is 9.67 Å². The second-order valence-electron chi connectivity index (χ2n) is 6.61. The van der Waals surface area contributed by atoms with E-state index in [1.54, 1.807) is 12.4 Å². The first kappa shape index (κ1) is 17.1. The van der Waals surface area contributed by atoms with Crippen molar-refractivity contribution in [1.29, 1.82) is 0 Å². The summed E-state index contributed by atoms with van der Waals surface area (Å²) in [5, 5.41) is 10.8. The maximum atomic E-state index is 12.6. The van der Waals surface area contributed by atoms with E-state index in [4.69, 9.17) is 5.73 Å². The Labute approximate surface area is 156 Å². The molecule has 0 unspecified atom stereocenters. The molecule has 0 spiro atoms. The van der Waals surface area contributed by atoms with Crippen LogP contribution in [0, 0.1) is 0 Å². The zero-order chi connectivity index (χ0) is 18.6. The smallest absolute Gasteiger partial charge is 0.244 e. The Morgan fingerprint density at radius 3 is 2.96 bits per heavy atom. The molecule has 1 atom stereocenters. The van der Waals surface area contributed by atoms with Gasteiger partial charge in [0.2, 0.25) is 11.9 Å². The van der Waals surface area contributed by atoms with Crippen LogP contribution in [0.4, 0.5) is 5.95 Å². The molecule has 1 aliphatic rings. The second-order valence-corrected chi connectivity index (χ2v) is 6.61. The highest BCUT2D eigenvalue weighted by Gasteiger charge is 2.28. The number of nitrogens with two attached hydrogens (primary N) is 1. The van der Waals surface area contributed by atoms with Crippen LogP contribution in [0.1, 0.15) is 30.3 Å². The molecule has 10 nitrogen and oxygen atoms in total. The largest absolute Gasteiger partial charge is 0.367 e. The summed E-state index contributed by atoms with van der Waals surface area (Å²) in [7, 11) is 0. The van der Waals surface area contributed by atoms with Gasteiger partial charge in [0, 0.05) is 37.6 Å². The number of nitrogens with zero attached hydrogens (tertiary/aromatic N) is 8. The zero-order valence-corrected chi connectivity index (χ0v) is 14.8. The predicted octanol–water partition coefficient (Wildman–Crippen LogP) is 0.301. The fourth-order valence-electron chi connectivity index (χ4n) is 3.45. The minimum atomic E-state index is -0.0402. The van der Waals surface area contributed by atoms with Crippen molar-refractivity contribution in [3.05, 3.63) is 48.3 Å². The van der Waals surface area contributed by atoms with E-state index in [0.29, 0.717) is 13.1 Å². The van der Waals surface area contributed by atoms with E-state index in [9.17, 15) is 4.79 Å². The highest BCUT2D eigenvalue weighted by Crippen LogP contribution is 2.26. The van der Waals surface area contributed by atoms with Crippen molar-refractivity contribution in [3.8, 4) is 0 Å². The molecule has 3 aromatic rings. The number of imidazole rings is 1. The van der Waals surface area contributed by atoms with Crippen LogP contribution in [0.2, 0.25) is 0 Å². The summed E-state index contributed by atoms with van der Waals surface area (Å²) in [6.45, 7) is 2.06. The van der Waals surface area contributed by atoms with Gasteiger partial charge in [0.15, 0.2) is 0 Å². The van der Waals surface area contributed by atoms with Crippen LogP contribution in [0.25, 0.3) is 0 Å². The first-order valence-electron chi connectivity index (χ1n) is 8.91. The number of hydrogen-bond donors (Lipinski definition) is 1. The lowest BCUT2D eigenvalue weighted by molar-refractivity contribution is -0.133. The molecule has 140 valence electrons. The molecule has 0 aliphatic carbocycles. The second kappa shape index (κ2) is 7.52. The topological polar surface area (TPSA) is 121 Å². The average Bonchev–Trinajstić information content (AvgIpc) is 3.32. The molecule has 0 aromatic carbocycles. The van der Waals surface area contributed by atoms with Gasteiger partial charge in [-0.15, -0.1) is 0 Å². The number of hydrogen-bond acceptors (Lipinski definition) is 7. The molecule has 1 amide bonds. The predicted molar refractivity (Wildman–Crippen MR) is 96.4 cm³/mol. The Bertz CT molecular complexity index is 904. The molecule has 10 heteroatoms. The molecule has 27 heavy (non-hydrogen) atoms. The Hall–Kier alpha value is -3.30. The number of anilines is 1. The van der Waals surface area contributed by atoms with Crippen molar-refractivity contribution in [1.82, 2.24) is 39.6 Å². The molecule has 0 saturated carbocycles. The van der Waals surface area contributed by atoms with Gasteiger partial charge in [-0.05, 0) is 35.4 Å². The monoisotopic (exact) mass is 367 g/mol. The van der Waals surface area contributed by atoms with Crippen molar-refractivity contribution in [2.45, 2.75) is 31.8 Å². The minimum Gasteiger partial charge on any atom is -0.367 e. The highest BCUT2D eigenvalue weighted by molar-refractivity contribution is 5.76. The van der Waals surface area contributed by atoms with Crippen molar-refractivity contribution in [2.75, 3.05) is 18.8 Å². The minimum absolute atomic E-state index is 0.0402. The number of pyridine rings is 1. The molecule has 2 N–H and O–H groups in total. The summed E-state index contributed by atoms with van der Waals surface area (Å²) in [5.41, 5.74) is 6.63. The fraction of sp³-hybridized carbons (Fsp3) is 0.412. The molecule has 1 fully saturated rings. The van der Waals surface area contributed by atoms with Gasteiger partial charge in [-0.1, -0.05) is 11.2 Å². The van der Waals surface area contributed by atoms with E-state index in [2.05, 4.69) is 30.1 Å². The van der Waals surface area contributed by atoms with Gasteiger partial charge >= 0.3 is 0 Å². The summed E-state index contributed by atoms with van der Waals surface area (Å²) < 4.78 is 3.42. The standard InChI is InChI=1S/C17H21N9O/c18-17-21-22-23-26(17)12-15(27)24-8-3-4-13(10-24)16-20-7-9-25(16)11-14-5-1-2-6-19-14/h1-2,5-7,9,13H,3-4,8,10-12H2,(H2,18,21,23)/t13-/m0/s1. The Kier molecular flexibility index (Phi) is 4.77. The Balaban J connectivity index is 1.45. The lowest BCUT2D eigenvalue weighted by atomic mass is 9.97. The van der Waals surface area contributed by atoms with Crippen LogP contribution in [0.15, 0.2) is 36.8 Å². The number of aromatic nitrogens is 7. The number of carbonyl (C=O) groups is 1.